The third kappa shape index (κ3) is 1.35. The summed E-state index contributed by atoms with van der Waals surface area (Å²) in [6, 6.07) is 9.67. The molecule has 2 rings (SSSR count). The lowest BCUT2D eigenvalue weighted by Gasteiger charge is -2.04. The molecule has 1 aromatic rings. The van der Waals surface area contributed by atoms with Crippen molar-refractivity contribution in [2.45, 2.75) is 16.8 Å². The van der Waals surface area contributed by atoms with Gasteiger partial charge in [0.05, 0.1) is 0 Å². The highest BCUT2D eigenvalue weighted by Gasteiger charge is 2.63. The molecule has 0 aromatic heterocycles. The van der Waals surface area contributed by atoms with Crippen LogP contribution in [0.5, 0.6) is 0 Å². The summed E-state index contributed by atoms with van der Waals surface area (Å²) in [4.78, 5) is 10.3. The molecule has 0 saturated heterocycles. The van der Waals surface area contributed by atoms with Crippen molar-refractivity contribution < 1.29 is 4.92 Å². The van der Waals surface area contributed by atoms with Crippen LogP contribution in [0.2, 0.25) is 0 Å². The number of nitro groups is 1. The molecule has 1 saturated carbocycles. The highest BCUT2D eigenvalue weighted by Crippen LogP contribution is 2.55. The molecule has 3 nitrogen and oxygen atoms in total. The Bertz CT molecular complexity index is 341. The molecule has 13 heavy (non-hydrogen) atoms. The molecule has 0 amide bonds. The zero-order chi connectivity index (χ0) is 9.47. The Labute approximate surface area is 84.0 Å². The topological polar surface area (TPSA) is 43.1 Å². The average molecular weight is 241 g/mol. The first kappa shape index (κ1) is 8.69. The van der Waals surface area contributed by atoms with Gasteiger partial charge in [0.25, 0.3) is 0 Å². The fraction of sp³-hybridized carbons (Fsp3) is 0.333. The van der Waals surface area contributed by atoms with Gasteiger partial charge >= 0.3 is 0 Å². The van der Waals surface area contributed by atoms with E-state index in [9.17, 15) is 10.1 Å². The number of halogens is 1. The van der Waals surface area contributed by atoms with Crippen molar-refractivity contribution in [2.24, 2.45) is 0 Å². The molecule has 1 aliphatic carbocycles. The van der Waals surface area contributed by atoms with Gasteiger partial charge in [-0.1, -0.05) is 40.2 Å². The molecule has 1 aromatic carbocycles. The summed E-state index contributed by atoms with van der Waals surface area (Å²) in [7, 11) is 0. The van der Waals surface area contributed by atoms with Crippen molar-refractivity contribution in [3.05, 3.63) is 46.0 Å². The third-order valence-corrected chi connectivity index (χ3v) is 3.62. The van der Waals surface area contributed by atoms with Crippen LogP contribution in [-0.4, -0.2) is 11.0 Å². The maximum atomic E-state index is 10.5. The molecule has 67 valence electrons. The van der Waals surface area contributed by atoms with Gasteiger partial charge in [0.15, 0.2) is 0 Å². The lowest BCUT2D eigenvalue weighted by atomic mass is 10.1. The van der Waals surface area contributed by atoms with Crippen LogP contribution in [0, 0.1) is 16.2 Å². The number of hydrogen-bond acceptors (Lipinski definition) is 2. The van der Waals surface area contributed by atoms with E-state index < -0.39 is 10.4 Å². The van der Waals surface area contributed by atoms with Crippen LogP contribution in [0.3, 0.4) is 0 Å². The van der Waals surface area contributed by atoms with Crippen LogP contribution in [-0.2, 0) is 4.32 Å². The molecule has 2 unspecified atom stereocenters. The molecule has 1 radical (unpaired) electrons. The molecular weight excluding hydrogens is 234 g/mol. The first-order chi connectivity index (χ1) is 6.14. The van der Waals surface area contributed by atoms with Crippen LogP contribution in [0.25, 0.3) is 0 Å². The third-order valence-electron chi connectivity index (χ3n) is 2.31. The number of alkyl halides is 1. The Morgan fingerprint density at radius 2 is 2.23 bits per heavy atom. The van der Waals surface area contributed by atoms with Crippen molar-refractivity contribution in [2.75, 3.05) is 0 Å². The maximum Gasteiger partial charge on any atom is 0.234 e. The van der Waals surface area contributed by atoms with E-state index in [0.717, 1.165) is 5.56 Å². The van der Waals surface area contributed by atoms with Gasteiger partial charge in [-0.2, -0.15) is 0 Å². The van der Waals surface area contributed by atoms with Gasteiger partial charge < -0.3 is 0 Å². The predicted molar refractivity (Wildman–Crippen MR) is 51.3 cm³/mol. The second-order valence-corrected chi connectivity index (χ2v) is 4.57. The summed E-state index contributed by atoms with van der Waals surface area (Å²) in [6.45, 7) is 0. The van der Waals surface area contributed by atoms with Gasteiger partial charge in [0.1, 0.15) is 4.32 Å². The van der Waals surface area contributed by atoms with Crippen LogP contribution in [0.1, 0.15) is 12.0 Å². The minimum atomic E-state index is -0.477. The first-order valence-corrected chi connectivity index (χ1v) is 4.73. The Hall–Kier alpha value is -0.900. The van der Waals surface area contributed by atoms with Gasteiger partial charge in [0.2, 0.25) is 6.04 Å². The molecule has 1 fully saturated rings. The Kier molecular flexibility index (Phi) is 1.87. The molecule has 0 bridgehead atoms. The SMILES string of the molecule is O=[N+]([O-])C1CC1(Br)c1cc[c]cc1. The number of nitrogens with zero attached hydrogens (tertiary/aromatic N) is 1. The zero-order valence-corrected chi connectivity index (χ0v) is 8.32. The molecule has 1 aliphatic rings. The van der Waals surface area contributed by atoms with Crippen LogP contribution in [0.4, 0.5) is 0 Å². The lowest BCUT2D eigenvalue weighted by molar-refractivity contribution is -0.497. The second kappa shape index (κ2) is 2.80. The van der Waals surface area contributed by atoms with E-state index in [1.54, 1.807) is 12.1 Å². The van der Waals surface area contributed by atoms with Crippen molar-refractivity contribution >= 4 is 15.9 Å². The van der Waals surface area contributed by atoms with Gasteiger partial charge in [-0.05, 0) is 11.6 Å². The standard InChI is InChI=1S/C9H7BrNO2/c10-9(6-8(9)11(12)13)7-4-2-1-3-5-7/h2-5,8H,6H2. The second-order valence-electron chi connectivity index (χ2n) is 3.16. The van der Waals surface area contributed by atoms with Gasteiger partial charge in [-0.15, -0.1) is 0 Å². The van der Waals surface area contributed by atoms with Crippen molar-refractivity contribution in [1.29, 1.82) is 0 Å². The van der Waals surface area contributed by atoms with E-state index in [1.165, 1.54) is 0 Å². The predicted octanol–water partition coefficient (Wildman–Crippen LogP) is 2.13. The quantitative estimate of drug-likeness (QED) is 0.452. The Morgan fingerprint density at radius 3 is 2.69 bits per heavy atom. The highest BCUT2D eigenvalue weighted by molar-refractivity contribution is 9.09. The van der Waals surface area contributed by atoms with E-state index in [1.807, 2.05) is 12.1 Å². The summed E-state index contributed by atoms with van der Waals surface area (Å²) >= 11 is 3.41. The normalized spacial score (nSPS) is 31.3. The molecule has 0 aliphatic heterocycles. The fourth-order valence-corrected chi connectivity index (χ4v) is 2.18. The van der Waals surface area contributed by atoms with E-state index in [2.05, 4.69) is 22.0 Å². The Balaban J connectivity index is 2.25. The molecular formula is C9H7BrNO2. The summed E-state index contributed by atoms with van der Waals surface area (Å²) < 4.78 is -0.425. The summed E-state index contributed by atoms with van der Waals surface area (Å²) in [6.07, 6.45) is 0.573. The van der Waals surface area contributed by atoms with E-state index in [4.69, 9.17) is 0 Å². The molecule has 4 heteroatoms. The van der Waals surface area contributed by atoms with Crippen molar-refractivity contribution in [3.8, 4) is 0 Å². The largest absolute Gasteiger partial charge is 0.264 e. The zero-order valence-electron chi connectivity index (χ0n) is 6.74. The minimum absolute atomic E-state index is 0.231. The van der Waals surface area contributed by atoms with Crippen molar-refractivity contribution in [1.82, 2.24) is 0 Å². The highest BCUT2D eigenvalue weighted by atomic mass is 79.9. The fourth-order valence-electron chi connectivity index (χ4n) is 1.44. The molecule has 0 heterocycles. The monoisotopic (exact) mass is 240 g/mol. The maximum absolute atomic E-state index is 10.5. The first-order valence-electron chi connectivity index (χ1n) is 3.93. The van der Waals surface area contributed by atoms with Crippen LogP contribution >= 0.6 is 15.9 Å². The average Bonchev–Trinajstić information content (AvgIpc) is 2.82. The van der Waals surface area contributed by atoms with E-state index in [-0.39, 0.29) is 4.92 Å². The van der Waals surface area contributed by atoms with Gasteiger partial charge in [-0.3, -0.25) is 10.1 Å². The lowest BCUT2D eigenvalue weighted by Crippen LogP contribution is -2.11. The number of benzene rings is 1. The molecule has 2 atom stereocenters. The van der Waals surface area contributed by atoms with Crippen molar-refractivity contribution in [3.63, 3.8) is 0 Å². The van der Waals surface area contributed by atoms with E-state index >= 15 is 0 Å². The molecule has 0 spiro atoms. The van der Waals surface area contributed by atoms with Crippen LogP contribution < -0.4 is 0 Å². The van der Waals surface area contributed by atoms with E-state index in [0.29, 0.717) is 6.42 Å². The Morgan fingerprint density at radius 1 is 1.62 bits per heavy atom. The smallest absolute Gasteiger partial charge is 0.234 e. The summed E-state index contributed by atoms with van der Waals surface area (Å²) in [5.41, 5.74) is 0.966. The molecule has 0 N–H and O–H groups in total. The summed E-state index contributed by atoms with van der Waals surface area (Å²) in [5, 5.41) is 10.5. The van der Waals surface area contributed by atoms with Crippen LogP contribution in [0.15, 0.2) is 24.3 Å². The van der Waals surface area contributed by atoms with Gasteiger partial charge in [0, 0.05) is 11.3 Å². The number of rotatable bonds is 2. The summed E-state index contributed by atoms with van der Waals surface area (Å²) in [5.74, 6) is 0. The number of hydrogen-bond donors (Lipinski definition) is 0. The minimum Gasteiger partial charge on any atom is -0.264 e. The van der Waals surface area contributed by atoms with Gasteiger partial charge in [-0.25, -0.2) is 0 Å².